The van der Waals surface area contributed by atoms with Crippen LogP contribution in [0, 0.1) is 0 Å². The standard InChI is InChI=1S/C12H15ClN4O/c1-2-5-17-12(15-8-16-17)7-10(18)9-3-4-14-11(13)6-9/h3-4,6,8,10,18H,2,5,7H2,1H3. The molecule has 0 aliphatic carbocycles. The van der Waals surface area contributed by atoms with Crippen molar-refractivity contribution < 1.29 is 5.11 Å². The number of aliphatic hydroxyl groups excluding tert-OH is 1. The summed E-state index contributed by atoms with van der Waals surface area (Å²) in [6, 6.07) is 3.41. The molecule has 18 heavy (non-hydrogen) atoms. The van der Waals surface area contributed by atoms with E-state index in [0.717, 1.165) is 24.4 Å². The maximum absolute atomic E-state index is 10.1. The highest BCUT2D eigenvalue weighted by atomic mass is 35.5. The summed E-state index contributed by atoms with van der Waals surface area (Å²) in [7, 11) is 0. The predicted octanol–water partition coefficient (Wildman–Crippen LogP) is 2.01. The van der Waals surface area contributed by atoms with Crippen molar-refractivity contribution >= 4 is 11.6 Å². The fraction of sp³-hybridized carbons (Fsp3) is 0.417. The minimum atomic E-state index is -0.648. The summed E-state index contributed by atoms with van der Waals surface area (Å²) in [6.45, 7) is 2.88. The van der Waals surface area contributed by atoms with E-state index in [2.05, 4.69) is 22.0 Å². The van der Waals surface area contributed by atoms with Crippen LogP contribution in [0.25, 0.3) is 0 Å². The molecule has 0 amide bonds. The van der Waals surface area contributed by atoms with Gasteiger partial charge in [-0.1, -0.05) is 18.5 Å². The molecule has 0 aliphatic rings. The molecule has 2 aromatic rings. The molecule has 0 radical (unpaired) electrons. The molecule has 5 nitrogen and oxygen atoms in total. The van der Waals surface area contributed by atoms with Crippen molar-refractivity contribution in [1.29, 1.82) is 0 Å². The Morgan fingerprint density at radius 3 is 3.00 bits per heavy atom. The SMILES string of the molecule is CCCn1ncnc1CC(O)c1ccnc(Cl)c1. The van der Waals surface area contributed by atoms with Gasteiger partial charge in [0, 0.05) is 19.2 Å². The van der Waals surface area contributed by atoms with Gasteiger partial charge in [-0.05, 0) is 24.1 Å². The van der Waals surface area contributed by atoms with Crippen LogP contribution in [0.15, 0.2) is 24.7 Å². The molecule has 1 unspecified atom stereocenters. The van der Waals surface area contributed by atoms with E-state index in [1.54, 1.807) is 18.3 Å². The first kappa shape index (κ1) is 13.0. The largest absolute Gasteiger partial charge is 0.388 e. The monoisotopic (exact) mass is 266 g/mol. The Morgan fingerprint density at radius 1 is 1.44 bits per heavy atom. The summed E-state index contributed by atoms with van der Waals surface area (Å²) >= 11 is 5.80. The maximum Gasteiger partial charge on any atom is 0.138 e. The van der Waals surface area contributed by atoms with Gasteiger partial charge in [0.25, 0.3) is 0 Å². The fourth-order valence-corrected chi connectivity index (χ4v) is 1.94. The second-order valence-electron chi connectivity index (χ2n) is 4.03. The first-order valence-corrected chi connectivity index (χ1v) is 6.24. The second-order valence-corrected chi connectivity index (χ2v) is 4.42. The van der Waals surface area contributed by atoms with Gasteiger partial charge in [0.15, 0.2) is 0 Å². The van der Waals surface area contributed by atoms with Crippen molar-refractivity contribution in [1.82, 2.24) is 19.7 Å². The molecule has 96 valence electrons. The third-order valence-corrected chi connectivity index (χ3v) is 2.85. The topological polar surface area (TPSA) is 63.8 Å². The number of pyridine rings is 1. The average molecular weight is 267 g/mol. The molecule has 2 aromatic heterocycles. The molecule has 0 saturated carbocycles. The molecular formula is C12H15ClN4O. The van der Waals surface area contributed by atoms with Crippen molar-refractivity contribution in [3.05, 3.63) is 41.2 Å². The van der Waals surface area contributed by atoms with Gasteiger partial charge in [-0.3, -0.25) is 4.68 Å². The Labute approximate surface area is 110 Å². The summed E-state index contributed by atoms with van der Waals surface area (Å²) in [5.41, 5.74) is 0.737. The first-order chi connectivity index (χ1) is 8.70. The molecule has 2 heterocycles. The Balaban J connectivity index is 2.11. The summed E-state index contributed by atoms with van der Waals surface area (Å²) in [4.78, 5) is 8.05. The van der Waals surface area contributed by atoms with E-state index in [1.807, 2.05) is 4.68 Å². The van der Waals surface area contributed by atoms with Crippen molar-refractivity contribution in [2.24, 2.45) is 0 Å². The Morgan fingerprint density at radius 2 is 2.28 bits per heavy atom. The lowest BCUT2D eigenvalue weighted by Gasteiger charge is -2.11. The number of rotatable bonds is 5. The summed E-state index contributed by atoms with van der Waals surface area (Å²) in [5, 5.41) is 14.6. The van der Waals surface area contributed by atoms with Gasteiger partial charge in [-0.25, -0.2) is 9.97 Å². The normalized spacial score (nSPS) is 12.6. The van der Waals surface area contributed by atoms with Gasteiger partial charge in [0.1, 0.15) is 17.3 Å². The molecule has 0 spiro atoms. The van der Waals surface area contributed by atoms with Crippen LogP contribution >= 0.6 is 11.6 Å². The molecule has 1 atom stereocenters. The van der Waals surface area contributed by atoms with E-state index >= 15 is 0 Å². The van der Waals surface area contributed by atoms with Crippen LogP contribution in [0.1, 0.15) is 30.8 Å². The zero-order valence-electron chi connectivity index (χ0n) is 10.1. The molecule has 0 aromatic carbocycles. The highest BCUT2D eigenvalue weighted by molar-refractivity contribution is 6.29. The van der Waals surface area contributed by atoms with Crippen molar-refractivity contribution in [3.63, 3.8) is 0 Å². The predicted molar refractivity (Wildman–Crippen MR) is 68.2 cm³/mol. The zero-order valence-corrected chi connectivity index (χ0v) is 10.9. The van der Waals surface area contributed by atoms with Gasteiger partial charge in [-0.15, -0.1) is 0 Å². The second kappa shape index (κ2) is 5.93. The van der Waals surface area contributed by atoms with Crippen LogP contribution in [0.5, 0.6) is 0 Å². The highest BCUT2D eigenvalue weighted by Crippen LogP contribution is 2.19. The summed E-state index contributed by atoms with van der Waals surface area (Å²) in [6.07, 6.45) is 3.84. The smallest absolute Gasteiger partial charge is 0.138 e. The third kappa shape index (κ3) is 3.05. The first-order valence-electron chi connectivity index (χ1n) is 5.87. The Kier molecular flexibility index (Phi) is 4.28. The number of nitrogens with zero attached hydrogens (tertiary/aromatic N) is 4. The third-order valence-electron chi connectivity index (χ3n) is 2.64. The van der Waals surface area contributed by atoms with Crippen LogP contribution in [0.3, 0.4) is 0 Å². The average Bonchev–Trinajstić information content (AvgIpc) is 2.77. The van der Waals surface area contributed by atoms with Gasteiger partial charge in [0.05, 0.1) is 6.10 Å². The lowest BCUT2D eigenvalue weighted by molar-refractivity contribution is 0.174. The lowest BCUT2D eigenvalue weighted by Crippen LogP contribution is -2.10. The lowest BCUT2D eigenvalue weighted by atomic mass is 10.1. The maximum atomic E-state index is 10.1. The minimum Gasteiger partial charge on any atom is -0.388 e. The Bertz CT molecular complexity index is 514. The number of aryl methyl sites for hydroxylation is 1. The molecule has 0 bridgehead atoms. The number of aromatic nitrogens is 4. The molecule has 6 heteroatoms. The van der Waals surface area contributed by atoms with Gasteiger partial charge in [0.2, 0.25) is 0 Å². The zero-order chi connectivity index (χ0) is 13.0. The quantitative estimate of drug-likeness (QED) is 0.841. The molecular weight excluding hydrogens is 252 g/mol. The fourth-order valence-electron chi connectivity index (χ4n) is 1.76. The van der Waals surface area contributed by atoms with E-state index in [0.29, 0.717) is 11.6 Å². The van der Waals surface area contributed by atoms with E-state index in [-0.39, 0.29) is 0 Å². The van der Waals surface area contributed by atoms with Crippen LogP contribution in [0.4, 0.5) is 0 Å². The number of hydrogen-bond acceptors (Lipinski definition) is 4. The van der Waals surface area contributed by atoms with Gasteiger partial charge >= 0.3 is 0 Å². The Hall–Kier alpha value is -1.46. The summed E-state index contributed by atoms with van der Waals surface area (Å²) in [5.74, 6) is 0.775. The summed E-state index contributed by atoms with van der Waals surface area (Å²) < 4.78 is 1.81. The van der Waals surface area contributed by atoms with E-state index in [1.165, 1.54) is 6.33 Å². The highest BCUT2D eigenvalue weighted by Gasteiger charge is 2.13. The minimum absolute atomic E-state index is 0.376. The molecule has 1 N–H and O–H groups in total. The van der Waals surface area contributed by atoms with Crippen molar-refractivity contribution in [2.45, 2.75) is 32.4 Å². The molecule has 0 aliphatic heterocycles. The van der Waals surface area contributed by atoms with E-state index < -0.39 is 6.10 Å². The van der Waals surface area contributed by atoms with Crippen LogP contribution in [0.2, 0.25) is 5.15 Å². The number of halogens is 1. The van der Waals surface area contributed by atoms with E-state index in [9.17, 15) is 5.11 Å². The van der Waals surface area contributed by atoms with Gasteiger partial charge < -0.3 is 5.11 Å². The van der Waals surface area contributed by atoms with Gasteiger partial charge in [-0.2, -0.15) is 5.10 Å². The van der Waals surface area contributed by atoms with Crippen LogP contribution in [-0.2, 0) is 13.0 Å². The number of hydrogen-bond donors (Lipinski definition) is 1. The van der Waals surface area contributed by atoms with Crippen LogP contribution < -0.4 is 0 Å². The molecule has 0 fully saturated rings. The van der Waals surface area contributed by atoms with E-state index in [4.69, 9.17) is 11.6 Å². The molecule has 2 rings (SSSR count). The number of aliphatic hydroxyl groups is 1. The van der Waals surface area contributed by atoms with Crippen molar-refractivity contribution in [2.75, 3.05) is 0 Å². The van der Waals surface area contributed by atoms with Crippen molar-refractivity contribution in [3.8, 4) is 0 Å². The molecule has 0 saturated heterocycles. The van der Waals surface area contributed by atoms with Crippen LogP contribution in [-0.4, -0.2) is 24.9 Å².